The second-order valence-corrected chi connectivity index (χ2v) is 12.7. The molecule has 29 heavy (non-hydrogen) atoms. The maximum Gasteiger partial charge on any atom is 0.261 e. The van der Waals surface area contributed by atoms with Gasteiger partial charge in [-0.05, 0) is 47.2 Å². The van der Waals surface area contributed by atoms with E-state index in [4.69, 9.17) is 9.53 Å². The Labute approximate surface area is 177 Å². The fraction of sp³-hybridized carbons (Fsp3) is 0.385. The van der Waals surface area contributed by atoms with Crippen LogP contribution in [0.4, 0.5) is 0 Å². The van der Waals surface area contributed by atoms with Crippen molar-refractivity contribution >= 4 is 18.7 Å². The largest absolute Gasteiger partial charge is 0.407 e. The first-order valence-electron chi connectivity index (χ1n) is 10.4. The molecule has 0 spiro atoms. The highest BCUT2D eigenvalue weighted by Gasteiger charge is 2.49. The molecule has 0 atom stereocenters. The molecule has 2 rings (SSSR count). The van der Waals surface area contributed by atoms with Gasteiger partial charge in [0.05, 0.1) is 0 Å². The molecule has 2 aromatic rings. The first kappa shape index (κ1) is 23.2. The zero-order chi connectivity index (χ0) is 21.2. The highest BCUT2D eigenvalue weighted by Crippen LogP contribution is 2.36. The van der Waals surface area contributed by atoms with Gasteiger partial charge in [0.25, 0.3) is 8.32 Å². The van der Waals surface area contributed by atoms with Crippen molar-refractivity contribution in [3.05, 3.63) is 72.3 Å². The summed E-state index contributed by atoms with van der Waals surface area (Å²) >= 11 is 0. The summed E-state index contributed by atoms with van der Waals surface area (Å²) < 4.78 is 6.90. The van der Waals surface area contributed by atoms with E-state index >= 15 is 0 Å². The average molecular weight is 407 g/mol. The lowest BCUT2D eigenvalue weighted by Gasteiger charge is -2.43. The molecule has 1 N–H and O–H groups in total. The zero-order valence-electron chi connectivity index (χ0n) is 18.2. The second-order valence-electron chi connectivity index (χ2n) is 8.35. The molecule has 2 aromatic carbocycles. The molecule has 3 heteroatoms. The van der Waals surface area contributed by atoms with Crippen LogP contribution >= 0.6 is 0 Å². The molecule has 0 aliphatic heterocycles. The molecule has 0 saturated carbocycles. The standard InChI is InChI=1S/C26H34O2Si/c1-23(16-14-21-27)15-8-7-13-22-28-29(26(2,3)4,24-17-9-5-10-18-24)25-19-11-6-12-20-25/h5-6,9-12,15,17-20,27H,7-8,13,21-22H2,1-4H3/b23-15+. The van der Waals surface area contributed by atoms with Gasteiger partial charge in [-0.1, -0.05) is 99.4 Å². The lowest BCUT2D eigenvalue weighted by molar-refractivity contribution is 0.289. The van der Waals surface area contributed by atoms with Crippen LogP contribution in [0, 0.1) is 11.8 Å². The molecule has 2 nitrogen and oxygen atoms in total. The van der Waals surface area contributed by atoms with Crippen molar-refractivity contribution in [2.24, 2.45) is 0 Å². The Balaban J connectivity index is 2.17. The minimum absolute atomic E-state index is 0.0199. The molecule has 0 unspecified atom stereocenters. The van der Waals surface area contributed by atoms with Crippen LogP contribution in [-0.4, -0.2) is 26.6 Å². The van der Waals surface area contributed by atoms with Crippen molar-refractivity contribution in [1.82, 2.24) is 0 Å². The van der Waals surface area contributed by atoms with E-state index in [2.05, 4.69) is 99.4 Å². The van der Waals surface area contributed by atoms with Crippen LogP contribution in [0.5, 0.6) is 0 Å². The van der Waals surface area contributed by atoms with Crippen LogP contribution in [0.15, 0.2) is 72.3 Å². The number of rotatable bonds is 8. The highest BCUT2D eigenvalue weighted by molar-refractivity contribution is 6.99. The van der Waals surface area contributed by atoms with E-state index in [1.807, 2.05) is 6.92 Å². The van der Waals surface area contributed by atoms with E-state index in [1.54, 1.807) is 0 Å². The maximum atomic E-state index is 8.77. The van der Waals surface area contributed by atoms with Crippen molar-refractivity contribution < 1.29 is 9.53 Å². The molecule has 0 radical (unpaired) electrons. The summed E-state index contributed by atoms with van der Waals surface area (Å²) in [5.74, 6) is 5.64. The van der Waals surface area contributed by atoms with Gasteiger partial charge in [0.2, 0.25) is 0 Å². The molecule has 0 amide bonds. The van der Waals surface area contributed by atoms with Gasteiger partial charge < -0.3 is 9.53 Å². The van der Waals surface area contributed by atoms with Crippen LogP contribution in [0.2, 0.25) is 5.04 Å². The summed E-state index contributed by atoms with van der Waals surface area (Å²) in [6.45, 7) is 9.59. The molecule has 0 bridgehead atoms. The number of benzene rings is 2. The van der Waals surface area contributed by atoms with Crippen LogP contribution in [0.25, 0.3) is 0 Å². The molecular weight excluding hydrogens is 372 g/mol. The Bertz CT molecular complexity index is 784. The molecule has 0 aliphatic carbocycles. The normalized spacial score (nSPS) is 12.4. The van der Waals surface area contributed by atoms with Crippen molar-refractivity contribution in [3.8, 4) is 11.8 Å². The quantitative estimate of drug-likeness (QED) is 0.392. The minimum atomic E-state index is -2.41. The van der Waals surface area contributed by atoms with Gasteiger partial charge in [0, 0.05) is 6.61 Å². The number of unbranched alkanes of at least 4 members (excludes halogenated alkanes) is 2. The molecule has 0 aromatic heterocycles. The van der Waals surface area contributed by atoms with Gasteiger partial charge in [-0.15, -0.1) is 0 Å². The van der Waals surface area contributed by atoms with Crippen LogP contribution < -0.4 is 10.4 Å². The fourth-order valence-corrected chi connectivity index (χ4v) is 8.39. The predicted octanol–water partition coefficient (Wildman–Crippen LogP) is 4.68. The Morgan fingerprint density at radius 1 is 0.966 bits per heavy atom. The van der Waals surface area contributed by atoms with Crippen molar-refractivity contribution in [1.29, 1.82) is 0 Å². The van der Waals surface area contributed by atoms with Gasteiger partial charge in [-0.3, -0.25) is 0 Å². The molecule has 0 heterocycles. The van der Waals surface area contributed by atoms with E-state index < -0.39 is 8.32 Å². The van der Waals surface area contributed by atoms with E-state index in [9.17, 15) is 0 Å². The smallest absolute Gasteiger partial charge is 0.261 e. The van der Waals surface area contributed by atoms with Gasteiger partial charge in [0.15, 0.2) is 0 Å². The molecule has 0 aliphatic rings. The van der Waals surface area contributed by atoms with Gasteiger partial charge in [-0.2, -0.15) is 0 Å². The lowest BCUT2D eigenvalue weighted by atomic mass is 10.2. The fourth-order valence-electron chi connectivity index (χ4n) is 3.78. The monoisotopic (exact) mass is 406 g/mol. The highest BCUT2D eigenvalue weighted by atomic mass is 28.4. The third-order valence-electron chi connectivity index (χ3n) is 5.15. The number of allylic oxidation sites excluding steroid dienone is 2. The number of aliphatic hydroxyl groups is 1. The van der Waals surface area contributed by atoms with Gasteiger partial charge in [0.1, 0.15) is 6.61 Å². The van der Waals surface area contributed by atoms with Crippen LogP contribution in [0.3, 0.4) is 0 Å². The van der Waals surface area contributed by atoms with Crippen LogP contribution in [-0.2, 0) is 4.43 Å². The van der Waals surface area contributed by atoms with E-state index in [1.165, 1.54) is 10.4 Å². The van der Waals surface area contributed by atoms with Gasteiger partial charge >= 0.3 is 0 Å². The molecule has 0 fully saturated rings. The molecular formula is C26H34O2Si. The summed E-state index contributed by atoms with van der Waals surface area (Å²) in [6, 6.07) is 21.6. The summed E-state index contributed by atoms with van der Waals surface area (Å²) in [4.78, 5) is 0. The van der Waals surface area contributed by atoms with E-state index in [-0.39, 0.29) is 11.6 Å². The minimum Gasteiger partial charge on any atom is -0.407 e. The zero-order valence-corrected chi connectivity index (χ0v) is 19.2. The Morgan fingerprint density at radius 3 is 2.00 bits per heavy atom. The summed E-state index contributed by atoms with van der Waals surface area (Å²) in [6.07, 6.45) is 5.21. The van der Waals surface area contributed by atoms with Crippen molar-refractivity contribution in [2.75, 3.05) is 13.2 Å². The third kappa shape index (κ3) is 6.18. The first-order chi connectivity index (χ1) is 13.9. The number of aliphatic hydroxyl groups excluding tert-OH is 1. The summed E-state index contributed by atoms with van der Waals surface area (Å²) in [7, 11) is -2.41. The Morgan fingerprint density at radius 2 is 1.52 bits per heavy atom. The van der Waals surface area contributed by atoms with Crippen LogP contribution in [0.1, 0.15) is 47.0 Å². The van der Waals surface area contributed by atoms with E-state index in [0.717, 1.165) is 31.4 Å². The van der Waals surface area contributed by atoms with Crippen molar-refractivity contribution in [3.63, 3.8) is 0 Å². The maximum absolute atomic E-state index is 8.77. The first-order valence-corrected chi connectivity index (χ1v) is 12.3. The topological polar surface area (TPSA) is 29.5 Å². The predicted molar refractivity (Wildman–Crippen MR) is 126 cm³/mol. The lowest BCUT2D eigenvalue weighted by Crippen LogP contribution is -2.66. The second kappa shape index (κ2) is 11.2. The Hall–Kier alpha value is -2.12. The Kier molecular flexibility index (Phi) is 8.91. The van der Waals surface area contributed by atoms with Gasteiger partial charge in [-0.25, -0.2) is 0 Å². The molecule has 154 valence electrons. The summed E-state index contributed by atoms with van der Waals surface area (Å²) in [5, 5.41) is 11.4. The SMILES string of the molecule is C/C(C#CCO)=C\CCCCO[Si](c1ccccc1)(c1ccccc1)C(C)(C)C. The number of hydrogen-bond donors (Lipinski definition) is 1. The van der Waals surface area contributed by atoms with E-state index in [0.29, 0.717) is 0 Å². The van der Waals surface area contributed by atoms with Crippen molar-refractivity contribution in [2.45, 2.75) is 52.0 Å². The average Bonchev–Trinajstić information content (AvgIpc) is 2.72. The molecule has 0 saturated heterocycles. The summed E-state index contributed by atoms with van der Waals surface area (Å²) in [5.41, 5.74) is 1.02. The number of hydrogen-bond acceptors (Lipinski definition) is 2. The third-order valence-corrected chi connectivity index (χ3v) is 10.2.